The summed E-state index contributed by atoms with van der Waals surface area (Å²) in [5, 5.41) is 36.5. The van der Waals surface area contributed by atoms with Crippen LogP contribution in [0.2, 0.25) is 0 Å². The second kappa shape index (κ2) is 11.4. The van der Waals surface area contributed by atoms with Crippen molar-refractivity contribution in [3.63, 3.8) is 0 Å². The van der Waals surface area contributed by atoms with Gasteiger partial charge < -0.3 is 20.4 Å². The Morgan fingerprint density at radius 2 is 1.04 bits per heavy atom. The summed E-state index contributed by atoms with van der Waals surface area (Å²) in [6.45, 7) is 2.13. The molecule has 0 aromatic rings. The standard InChI is InChI=1S/C17H28O8/c1-2-3-4-5-6-7-8-9-10-11-12(13(18)19)17(14(20)21,15(22)23)16(24)25/h12H,2-11H2,1H3,(H,18,19)(H,20,21)(H,22,23)(H,24,25). The second-order valence-electron chi connectivity index (χ2n) is 6.23. The number of carboxylic acids is 4. The topological polar surface area (TPSA) is 149 Å². The van der Waals surface area contributed by atoms with Gasteiger partial charge in [-0.2, -0.15) is 0 Å². The van der Waals surface area contributed by atoms with Crippen LogP contribution < -0.4 is 0 Å². The zero-order chi connectivity index (χ0) is 19.5. The Kier molecular flexibility index (Phi) is 10.5. The first-order valence-corrected chi connectivity index (χ1v) is 8.65. The quantitative estimate of drug-likeness (QED) is 0.257. The lowest BCUT2D eigenvalue weighted by Gasteiger charge is -2.26. The van der Waals surface area contributed by atoms with E-state index in [0.717, 1.165) is 32.1 Å². The summed E-state index contributed by atoms with van der Waals surface area (Å²) < 4.78 is 0. The van der Waals surface area contributed by atoms with Crippen molar-refractivity contribution >= 4 is 23.9 Å². The van der Waals surface area contributed by atoms with Crippen molar-refractivity contribution in [3.05, 3.63) is 0 Å². The third-order valence-corrected chi connectivity index (χ3v) is 4.43. The normalized spacial score (nSPS) is 12.5. The van der Waals surface area contributed by atoms with Gasteiger partial charge in [-0.25, -0.2) is 0 Å². The number of hydrogen-bond donors (Lipinski definition) is 4. The van der Waals surface area contributed by atoms with Crippen LogP contribution >= 0.6 is 0 Å². The van der Waals surface area contributed by atoms with Gasteiger partial charge in [0, 0.05) is 0 Å². The maximum Gasteiger partial charge on any atom is 0.333 e. The number of rotatable bonds is 15. The minimum absolute atomic E-state index is 0.265. The van der Waals surface area contributed by atoms with Gasteiger partial charge >= 0.3 is 23.9 Å². The van der Waals surface area contributed by atoms with Gasteiger partial charge in [-0.15, -0.1) is 0 Å². The fourth-order valence-electron chi connectivity index (χ4n) is 2.91. The van der Waals surface area contributed by atoms with E-state index >= 15 is 0 Å². The molecule has 0 aliphatic rings. The van der Waals surface area contributed by atoms with Crippen molar-refractivity contribution in [1.29, 1.82) is 0 Å². The summed E-state index contributed by atoms with van der Waals surface area (Å²) in [7, 11) is 0. The summed E-state index contributed by atoms with van der Waals surface area (Å²) in [6, 6.07) is 0. The predicted octanol–water partition coefficient (Wildman–Crippen LogP) is 2.85. The van der Waals surface area contributed by atoms with Crippen LogP contribution in [0.5, 0.6) is 0 Å². The number of carbonyl (C=O) groups is 4. The van der Waals surface area contributed by atoms with E-state index in [1.807, 2.05) is 0 Å². The third kappa shape index (κ3) is 6.36. The second-order valence-corrected chi connectivity index (χ2v) is 6.23. The summed E-state index contributed by atoms with van der Waals surface area (Å²) in [6.07, 6.45) is 8.07. The number of hydrogen-bond acceptors (Lipinski definition) is 4. The van der Waals surface area contributed by atoms with Crippen molar-refractivity contribution in [2.24, 2.45) is 11.3 Å². The Hall–Kier alpha value is -2.12. The average molecular weight is 360 g/mol. The lowest BCUT2D eigenvalue weighted by molar-refractivity contribution is -0.186. The molecule has 1 unspecified atom stereocenters. The monoisotopic (exact) mass is 360 g/mol. The van der Waals surface area contributed by atoms with E-state index in [0.29, 0.717) is 6.42 Å². The molecule has 4 N–H and O–H groups in total. The maximum absolute atomic E-state index is 11.3. The molecule has 0 aliphatic heterocycles. The Labute approximate surface area is 146 Å². The molecule has 0 radical (unpaired) electrons. The molecule has 0 aliphatic carbocycles. The molecule has 25 heavy (non-hydrogen) atoms. The van der Waals surface area contributed by atoms with Crippen molar-refractivity contribution < 1.29 is 39.6 Å². The fraction of sp³-hybridized carbons (Fsp3) is 0.765. The van der Waals surface area contributed by atoms with Crippen LogP contribution in [0.4, 0.5) is 0 Å². The summed E-state index contributed by atoms with van der Waals surface area (Å²) in [4.78, 5) is 45.2. The maximum atomic E-state index is 11.3. The number of carboxylic acid groups (broad SMARTS) is 4. The van der Waals surface area contributed by atoms with Crippen LogP contribution in [0.3, 0.4) is 0 Å². The van der Waals surface area contributed by atoms with E-state index in [-0.39, 0.29) is 12.8 Å². The Morgan fingerprint density at radius 3 is 1.36 bits per heavy atom. The Balaban J connectivity index is 4.65. The number of aliphatic carboxylic acids is 4. The molecule has 0 aromatic carbocycles. The SMILES string of the molecule is CCCCCCCCCCCC(C(=O)O)C(C(=O)O)(C(=O)O)C(=O)O. The van der Waals surface area contributed by atoms with Crippen LogP contribution in [0.15, 0.2) is 0 Å². The minimum atomic E-state index is -3.37. The molecule has 0 heterocycles. The molecule has 0 bridgehead atoms. The largest absolute Gasteiger partial charge is 0.481 e. The molecular weight excluding hydrogens is 332 g/mol. The lowest BCUT2D eigenvalue weighted by atomic mass is 9.72. The van der Waals surface area contributed by atoms with Gasteiger partial charge in [0.25, 0.3) is 5.41 Å². The van der Waals surface area contributed by atoms with Crippen LogP contribution in [-0.4, -0.2) is 44.3 Å². The van der Waals surface area contributed by atoms with Gasteiger partial charge in [0.2, 0.25) is 0 Å². The average Bonchev–Trinajstić information content (AvgIpc) is 2.50. The van der Waals surface area contributed by atoms with E-state index < -0.39 is 35.2 Å². The summed E-state index contributed by atoms with van der Waals surface area (Å²) in [5.74, 6) is -10.3. The molecule has 8 nitrogen and oxygen atoms in total. The first kappa shape index (κ1) is 22.9. The van der Waals surface area contributed by atoms with E-state index in [1.165, 1.54) is 12.8 Å². The van der Waals surface area contributed by atoms with E-state index in [4.69, 9.17) is 15.3 Å². The molecule has 0 saturated carbocycles. The zero-order valence-electron chi connectivity index (χ0n) is 14.6. The van der Waals surface area contributed by atoms with Crippen molar-refractivity contribution in [2.45, 2.75) is 71.1 Å². The predicted molar refractivity (Wildman–Crippen MR) is 88.3 cm³/mol. The van der Waals surface area contributed by atoms with Gasteiger partial charge in [-0.05, 0) is 6.42 Å². The fourth-order valence-corrected chi connectivity index (χ4v) is 2.91. The van der Waals surface area contributed by atoms with Gasteiger partial charge in [0.15, 0.2) is 0 Å². The highest BCUT2D eigenvalue weighted by molar-refractivity contribution is 6.18. The Bertz CT molecular complexity index is 435. The zero-order valence-corrected chi connectivity index (χ0v) is 14.6. The highest BCUT2D eigenvalue weighted by Gasteiger charge is 2.62. The van der Waals surface area contributed by atoms with E-state index in [9.17, 15) is 24.3 Å². The van der Waals surface area contributed by atoms with Gasteiger partial charge in [0.05, 0.1) is 5.92 Å². The highest BCUT2D eigenvalue weighted by Crippen LogP contribution is 2.34. The van der Waals surface area contributed by atoms with E-state index in [1.54, 1.807) is 0 Å². The summed E-state index contributed by atoms with van der Waals surface area (Å²) in [5.41, 5.74) is -3.37. The first-order valence-electron chi connectivity index (χ1n) is 8.65. The highest BCUT2D eigenvalue weighted by atomic mass is 16.4. The molecule has 0 spiro atoms. The van der Waals surface area contributed by atoms with Gasteiger partial charge in [-0.3, -0.25) is 19.2 Å². The van der Waals surface area contributed by atoms with E-state index in [2.05, 4.69) is 6.92 Å². The first-order chi connectivity index (χ1) is 11.7. The minimum Gasteiger partial charge on any atom is -0.481 e. The van der Waals surface area contributed by atoms with Crippen molar-refractivity contribution in [3.8, 4) is 0 Å². The van der Waals surface area contributed by atoms with Crippen molar-refractivity contribution in [1.82, 2.24) is 0 Å². The molecular formula is C17H28O8. The van der Waals surface area contributed by atoms with Crippen LogP contribution in [0, 0.1) is 11.3 Å². The van der Waals surface area contributed by atoms with Crippen LogP contribution in [-0.2, 0) is 19.2 Å². The molecule has 8 heteroatoms. The van der Waals surface area contributed by atoms with Gasteiger partial charge in [0.1, 0.15) is 0 Å². The summed E-state index contributed by atoms with van der Waals surface area (Å²) >= 11 is 0. The van der Waals surface area contributed by atoms with Gasteiger partial charge in [-0.1, -0.05) is 64.7 Å². The molecule has 1 atom stereocenters. The molecule has 0 aromatic heterocycles. The molecule has 0 saturated heterocycles. The molecule has 0 rings (SSSR count). The molecule has 144 valence electrons. The van der Waals surface area contributed by atoms with Crippen LogP contribution in [0.25, 0.3) is 0 Å². The molecule has 0 fully saturated rings. The number of unbranched alkanes of at least 4 members (excludes halogenated alkanes) is 8. The lowest BCUT2D eigenvalue weighted by Crippen LogP contribution is -2.54. The smallest absolute Gasteiger partial charge is 0.333 e. The van der Waals surface area contributed by atoms with Crippen molar-refractivity contribution in [2.75, 3.05) is 0 Å². The third-order valence-electron chi connectivity index (χ3n) is 4.43. The molecule has 0 amide bonds. The van der Waals surface area contributed by atoms with Crippen LogP contribution in [0.1, 0.15) is 71.1 Å². The Morgan fingerprint density at radius 1 is 0.680 bits per heavy atom.